The van der Waals surface area contributed by atoms with Crippen LogP contribution in [-0.2, 0) is 4.79 Å². The number of fused-ring (bicyclic) bond motifs is 1. The highest BCUT2D eigenvalue weighted by atomic mass is 16.5. The Labute approximate surface area is 190 Å². The molecule has 0 radical (unpaired) electrons. The predicted molar refractivity (Wildman–Crippen MR) is 131 cm³/mol. The zero-order valence-electron chi connectivity index (χ0n) is 19.4. The van der Waals surface area contributed by atoms with Gasteiger partial charge in [0.05, 0.1) is 5.52 Å². The molecule has 0 unspecified atom stereocenters. The van der Waals surface area contributed by atoms with Gasteiger partial charge in [-0.25, -0.2) is 4.98 Å². The van der Waals surface area contributed by atoms with E-state index in [0.717, 1.165) is 59.7 Å². The van der Waals surface area contributed by atoms with E-state index in [0.29, 0.717) is 11.8 Å². The lowest BCUT2D eigenvalue weighted by atomic mass is 10.1. The number of carbonyl (C=O) groups is 1. The second kappa shape index (κ2) is 9.57. The maximum Gasteiger partial charge on any atom is 0.262 e. The summed E-state index contributed by atoms with van der Waals surface area (Å²) in [4.78, 5) is 22.1. The van der Waals surface area contributed by atoms with E-state index in [4.69, 9.17) is 9.72 Å². The molecule has 0 bridgehead atoms. The summed E-state index contributed by atoms with van der Waals surface area (Å²) in [5.74, 6) is 1.53. The largest absolute Gasteiger partial charge is 0.484 e. The van der Waals surface area contributed by atoms with Gasteiger partial charge >= 0.3 is 0 Å². The SMILES string of the molecule is Cc1ccc(OCC(=O)Nc2ccc3nc(N4CCN(C(C)C)CC4)cc(C)c3c2)cc1. The van der Waals surface area contributed by atoms with Crippen LogP contribution in [0.1, 0.15) is 25.0 Å². The van der Waals surface area contributed by atoms with Crippen molar-refractivity contribution < 1.29 is 9.53 Å². The number of anilines is 2. The molecule has 3 aromatic rings. The molecule has 1 aliphatic heterocycles. The summed E-state index contributed by atoms with van der Waals surface area (Å²) < 4.78 is 5.58. The van der Waals surface area contributed by atoms with Crippen molar-refractivity contribution in [2.24, 2.45) is 0 Å². The molecule has 0 atom stereocenters. The van der Waals surface area contributed by atoms with Gasteiger partial charge in [0.1, 0.15) is 11.6 Å². The van der Waals surface area contributed by atoms with Crippen molar-refractivity contribution in [3.63, 3.8) is 0 Å². The molecule has 1 aromatic heterocycles. The molecule has 0 aliphatic carbocycles. The van der Waals surface area contributed by atoms with Crippen LogP contribution in [0, 0.1) is 13.8 Å². The summed E-state index contributed by atoms with van der Waals surface area (Å²) >= 11 is 0. The molecule has 2 heterocycles. The fourth-order valence-corrected chi connectivity index (χ4v) is 4.06. The molecule has 168 valence electrons. The number of piperazine rings is 1. The highest BCUT2D eigenvalue weighted by molar-refractivity contribution is 5.95. The van der Waals surface area contributed by atoms with E-state index in [2.05, 4.69) is 42.0 Å². The van der Waals surface area contributed by atoms with E-state index in [9.17, 15) is 4.79 Å². The van der Waals surface area contributed by atoms with E-state index in [1.807, 2.05) is 49.4 Å². The number of amides is 1. The highest BCUT2D eigenvalue weighted by Crippen LogP contribution is 2.26. The fraction of sp³-hybridized carbons (Fsp3) is 0.385. The zero-order valence-corrected chi connectivity index (χ0v) is 19.4. The van der Waals surface area contributed by atoms with Gasteiger partial charge < -0.3 is 15.0 Å². The van der Waals surface area contributed by atoms with Gasteiger partial charge in [-0.2, -0.15) is 0 Å². The summed E-state index contributed by atoms with van der Waals surface area (Å²) in [6.07, 6.45) is 0. The zero-order chi connectivity index (χ0) is 22.7. The Bertz CT molecular complexity index is 1090. The van der Waals surface area contributed by atoms with Gasteiger partial charge in [-0.1, -0.05) is 17.7 Å². The number of aromatic nitrogens is 1. The van der Waals surface area contributed by atoms with Gasteiger partial charge in [0.2, 0.25) is 0 Å². The number of carbonyl (C=O) groups excluding carboxylic acids is 1. The molecule has 6 heteroatoms. The standard InChI is InChI=1S/C26H32N4O2/c1-18(2)29-11-13-30(14-12-29)25-15-20(4)23-16-21(7-10-24(23)28-25)27-26(31)17-32-22-8-5-19(3)6-9-22/h5-10,15-16,18H,11-14,17H2,1-4H3,(H,27,31). The number of benzene rings is 2. The van der Waals surface area contributed by atoms with Crippen LogP contribution in [0.2, 0.25) is 0 Å². The third-order valence-corrected chi connectivity index (χ3v) is 6.05. The Hall–Kier alpha value is -3.12. The van der Waals surface area contributed by atoms with Crippen LogP contribution in [0.3, 0.4) is 0 Å². The molecule has 1 amide bonds. The highest BCUT2D eigenvalue weighted by Gasteiger charge is 2.20. The van der Waals surface area contributed by atoms with Crippen molar-refractivity contribution in [1.82, 2.24) is 9.88 Å². The molecule has 0 saturated carbocycles. The number of nitrogens with one attached hydrogen (secondary N) is 1. The maximum absolute atomic E-state index is 12.3. The Balaban J connectivity index is 1.41. The number of hydrogen-bond acceptors (Lipinski definition) is 5. The van der Waals surface area contributed by atoms with Crippen LogP contribution in [0.4, 0.5) is 11.5 Å². The van der Waals surface area contributed by atoms with E-state index in [-0.39, 0.29) is 12.5 Å². The fourth-order valence-electron chi connectivity index (χ4n) is 4.06. The van der Waals surface area contributed by atoms with E-state index in [1.165, 1.54) is 0 Å². The summed E-state index contributed by atoms with van der Waals surface area (Å²) in [5.41, 5.74) is 4.00. The smallest absolute Gasteiger partial charge is 0.262 e. The monoisotopic (exact) mass is 432 g/mol. The van der Waals surface area contributed by atoms with Crippen molar-refractivity contribution in [3.8, 4) is 5.75 Å². The summed E-state index contributed by atoms with van der Waals surface area (Å²) in [5, 5.41) is 3.98. The third kappa shape index (κ3) is 5.19. The lowest BCUT2D eigenvalue weighted by molar-refractivity contribution is -0.118. The minimum Gasteiger partial charge on any atom is -0.484 e. The van der Waals surface area contributed by atoms with Crippen molar-refractivity contribution >= 4 is 28.3 Å². The molecule has 1 fully saturated rings. The second-order valence-corrected chi connectivity index (χ2v) is 8.80. The molecule has 32 heavy (non-hydrogen) atoms. The number of nitrogens with zero attached hydrogens (tertiary/aromatic N) is 3. The van der Waals surface area contributed by atoms with Crippen LogP contribution < -0.4 is 15.0 Å². The first kappa shape index (κ1) is 22.1. The third-order valence-electron chi connectivity index (χ3n) is 6.05. The van der Waals surface area contributed by atoms with Crippen LogP contribution in [-0.4, -0.2) is 54.6 Å². The van der Waals surface area contributed by atoms with Crippen molar-refractivity contribution in [3.05, 3.63) is 59.7 Å². The Kier molecular flexibility index (Phi) is 6.61. The average Bonchev–Trinajstić information content (AvgIpc) is 2.79. The number of rotatable bonds is 6. The maximum atomic E-state index is 12.3. The van der Waals surface area contributed by atoms with Crippen molar-refractivity contribution in [1.29, 1.82) is 0 Å². The van der Waals surface area contributed by atoms with Crippen LogP contribution in [0.15, 0.2) is 48.5 Å². The quantitative estimate of drug-likeness (QED) is 0.626. The first-order valence-corrected chi connectivity index (χ1v) is 11.3. The Morgan fingerprint density at radius 1 is 1.03 bits per heavy atom. The number of hydrogen-bond donors (Lipinski definition) is 1. The normalized spacial score (nSPS) is 14.7. The van der Waals surface area contributed by atoms with Gasteiger partial charge in [0, 0.05) is 43.3 Å². The van der Waals surface area contributed by atoms with Crippen molar-refractivity contribution in [2.45, 2.75) is 33.7 Å². The lowest BCUT2D eigenvalue weighted by Crippen LogP contribution is -2.49. The van der Waals surface area contributed by atoms with Crippen LogP contribution in [0.5, 0.6) is 5.75 Å². The summed E-state index contributed by atoms with van der Waals surface area (Å²) in [7, 11) is 0. The number of pyridine rings is 1. The molecule has 0 spiro atoms. The van der Waals surface area contributed by atoms with Crippen molar-refractivity contribution in [2.75, 3.05) is 43.0 Å². The molecule has 6 nitrogen and oxygen atoms in total. The molecule has 1 N–H and O–H groups in total. The Morgan fingerprint density at radius 3 is 2.44 bits per heavy atom. The molecule has 2 aromatic carbocycles. The van der Waals surface area contributed by atoms with E-state index < -0.39 is 0 Å². The predicted octanol–water partition coefficient (Wildman–Crippen LogP) is 4.40. The number of ether oxygens (including phenoxy) is 1. The second-order valence-electron chi connectivity index (χ2n) is 8.80. The minimum absolute atomic E-state index is 0.0282. The van der Waals surface area contributed by atoms with Gasteiger partial charge in [0.25, 0.3) is 5.91 Å². The first-order chi connectivity index (χ1) is 15.4. The van der Waals surface area contributed by atoms with Crippen LogP contribution in [0.25, 0.3) is 10.9 Å². The topological polar surface area (TPSA) is 57.7 Å². The Morgan fingerprint density at radius 2 is 1.75 bits per heavy atom. The molecular formula is C26H32N4O2. The molecular weight excluding hydrogens is 400 g/mol. The molecule has 1 aliphatic rings. The first-order valence-electron chi connectivity index (χ1n) is 11.3. The van der Waals surface area contributed by atoms with Gasteiger partial charge in [-0.3, -0.25) is 9.69 Å². The number of aryl methyl sites for hydroxylation is 2. The average molecular weight is 433 g/mol. The lowest BCUT2D eigenvalue weighted by Gasteiger charge is -2.37. The van der Waals surface area contributed by atoms with Gasteiger partial charge in [-0.05, 0) is 69.7 Å². The van der Waals surface area contributed by atoms with Gasteiger partial charge in [0.15, 0.2) is 6.61 Å². The van der Waals surface area contributed by atoms with E-state index >= 15 is 0 Å². The van der Waals surface area contributed by atoms with Gasteiger partial charge in [-0.15, -0.1) is 0 Å². The minimum atomic E-state index is -0.185. The summed E-state index contributed by atoms with van der Waals surface area (Å²) in [6, 6.07) is 16.3. The summed E-state index contributed by atoms with van der Waals surface area (Å²) in [6.45, 7) is 12.7. The van der Waals surface area contributed by atoms with Crippen LogP contribution >= 0.6 is 0 Å². The van der Waals surface area contributed by atoms with E-state index in [1.54, 1.807) is 0 Å². The molecule has 4 rings (SSSR count). The molecule has 1 saturated heterocycles.